The zero-order valence-electron chi connectivity index (χ0n) is 15.6. The van der Waals surface area contributed by atoms with Crippen molar-refractivity contribution in [2.75, 3.05) is 5.32 Å². The second-order valence-corrected chi connectivity index (χ2v) is 6.28. The van der Waals surface area contributed by atoms with Gasteiger partial charge < -0.3 is 16.0 Å². The van der Waals surface area contributed by atoms with Crippen LogP contribution in [0, 0.1) is 5.82 Å². The van der Waals surface area contributed by atoms with E-state index in [2.05, 4.69) is 25.9 Å². The number of nitrogens with one attached hydrogen (secondary N) is 3. The van der Waals surface area contributed by atoms with E-state index in [4.69, 9.17) is 0 Å². The Balaban J connectivity index is 1.42. The number of nitrogens with zero attached hydrogens (tertiary/aromatic N) is 2. The topological polar surface area (TPSA) is 96.0 Å². The van der Waals surface area contributed by atoms with Crippen LogP contribution in [0.15, 0.2) is 67.1 Å². The summed E-state index contributed by atoms with van der Waals surface area (Å²) in [5.74, 6) is -0.450. The fraction of sp³-hybridized carbons (Fsp3) is 0.143. The van der Waals surface area contributed by atoms with E-state index in [1.165, 1.54) is 12.1 Å². The maximum Gasteiger partial charge on any atom is 0.319 e. The molecule has 0 saturated carbocycles. The monoisotopic (exact) mass is 393 g/mol. The second kappa shape index (κ2) is 9.93. The predicted molar refractivity (Wildman–Crippen MR) is 106 cm³/mol. The Morgan fingerprint density at radius 2 is 1.59 bits per heavy atom. The Kier molecular flexibility index (Phi) is 6.83. The van der Waals surface area contributed by atoms with Crippen LogP contribution in [-0.2, 0) is 24.3 Å². The minimum Gasteiger partial charge on any atom is -0.350 e. The summed E-state index contributed by atoms with van der Waals surface area (Å²) in [5, 5.41) is 8.19. The molecule has 8 heteroatoms. The summed E-state index contributed by atoms with van der Waals surface area (Å²) in [5.41, 5.74) is 2.90. The largest absolute Gasteiger partial charge is 0.350 e. The van der Waals surface area contributed by atoms with Gasteiger partial charge in [0.25, 0.3) is 0 Å². The molecule has 0 aliphatic rings. The molecule has 0 aliphatic heterocycles. The number of carbonyl (C=O) groups is 2. The van der Waals surface area contributed by atoms with Gasteiger partial charge in [-0.2, -0.15) is 0 Å². The highest BCUT2D eigenvalue weighted by atomic mass is 19.1. The zero-order chi connectivity index (χ0) is 20.5. The number of carbonyl (C=O) groups excluding carboxylic acids is 2. The smallest absolute Gasteiger partial charge is 0.319 e. The first-order valence-corrected chi connectivity index (χ1v) is 8.98. The summed E-state index contributed by atoms with van der Waals surface area (Å²) in [7, 11) is 0. The van der Waals surface area contributed by atoms with Crippen LogP contribution in [0.3, 0.4) is 0 Å². The molecule has 0 unspecified atom stereocenters. The zero-order valence-corrected chi connectivity index (χ0v) is 15.6. The lowest BCUT2D eigenvalue weighted by Crippen LogP contribution is -2.28. The number of amides is 3. The van der Waals surface area contributed by atoms with Gasteiger partial charge in [-0.25, -0.2) is 9.18 Å². The number of hydrogen-bond donors (Lipinski definition) is 3. The van der Waals surface area contributed by atoms with Gasteiger partial charge in [-0.3, -0.25) is 14.8 Å². The molecule has 0 radical (unpaired) electrons. The molecule has 0 spiro atoms. The van der Waals surface area contributed by atoms with Crippen molar-refractivity contribution in [3.8, 4) is 0 Å². The Hall–Kier alpha value is -3.81. The highest BCUT2D eigenvalue weighted by Gasteiger charge is 2.06. The summed E-state index contributed by atoms with van der Waals surface area (Å²) in [6.45, 7) is 0.608. The van der Waals surface area contributed by atoms with Crippen LogP contribution in [0.25, 0.3) is 0 Å². The summed E-state index contributed by atoms with van der Waals surface area (Å²) in [4.78, 5) is 32.0. The molecule has 3 N–H and O–H groups in total. The summed E-state index contributed by atoms with van der Waals surface area (Å²) >= 11 is 0. The molecule has 3 amide bonds. The maximum absolute atomic E-state index is 12.9. The predicted octanol–water partition coefficient (Wildman–Crippen LogP) is 2.80. The first-order valence-electron chi connectivity index (χ1n) is 8.98. The van der Waals surface area contributed by atoms with Gasteiger partial charge in [-0.1, -0.05) is 24.3 Å². The lowest BCUT2D eigenvalue weighted by atomic mass is 10.1. The average Bonchev–Trinajstić information content (AvgIpc) is 2.74. The van der Waals surface area contributed by atoms with Crippen LogP contribution in [0.1, 0.15) is 16.8 Å². The van der Waals surface area contributed by atoms with Crippen LogP contribution < -0.4 is 16.0 Å². The van der Waals surface area contributed by atoms with E-state index in [0.717, 1.165) is 11.1 Å². The molecule has 29 heavy (non-hydrogen) atoms. The molecule has 0 saturated heterocycles. The van der Waals surface area contributed by atoms with E-state index in [9.17, 15) is 14.0 Å². The van der Waals surface area contributed by atoms with Crippen LogP contribution in [0.2, 0.25) is 0 Å². The molecule has 3 aromatic rings. The molecule has 0 atom stereocenters. The van der Waals surface area contributed by atoms with Gasteiger partial charge in [0.1, 0.15) is 5.82 Å². The number of rotatable bonds is 7. The Morgan fingerprint density at radius 1 is 0.862 bits per heavy atom. The van der Waals surface area contributed by atoms with Gasteiger partial charge in [-0.15, -0.1) is 0 Å². The number of benzene rings is 2. The number of anilines is 1. The van der Waals surface area contributed by atoms with Crippen LogP contribution >= 0.6 is 0 Å². The van der Waals surface area contributed by atoms with Crippen LogP contribution in [0.4, 0.5) is 14.9 Å². The molecule has 0 bridgehead atoms. The maximum atomic E-state index is 12.9. The molecule has 0 aliphatic carbocycles. The van der Waals surface area contributed by atoms with E-state index in [0.29, 0.717) is 17.9 Å². The first kappa shape index (κ1) is 19.9. The minimum atomic E-state index is -0.371. The molecule has 1 aromatic heterocycles. The van der Waals surface area contributed by atoms with E-state index < -0.39 is 0 Å². The number of aromatic nitrogens is 2. The van der Waals surface area contributed by atoms with Gasteiger partial charge in [0.15, 0.2) is 0 Å². The highest BCUT2D eigenvalue weighted by Crippen LogP contribution is 2.10. The molecule has 0 fully saturated rings. The van der Waals surface area contributed by atoms with Crippen molar-refractivity contribution in [2.24, 2.45) is 0 Å². The standard InChI is InChI=1S/C21H20FN5O2/c22-17-5-1-16(2-6-17)12-26-21(29)27-18-7-3-15(4-8-18)11-20(28)25-14-19-13-23-9-10-24-19/h1-10,13H,11-12,14H2,(H,25,28)(H2,26,27,29). The van der Waals surface area contributed by atoms with E-state index in [1.54, 1.807) is 55.0 Å². The van der Waals surface area contributed by atoms with Crippen molar-refractivity contribution in [3.63, 3.8) is 0 Å². The second-order valence-electron chi connectivity index (χ2n) is 6.28. The van der Waals surface area contributed by atoms with Gasteiger partial charge in [0.05, 0.1) is 24.9 Å². The van der Waals surface area contributed by atoms with Crippen molar-refractivity contribution in [1.82, 2.24) is 20.6 Å². The lowest BCUT2D eigenvalue weighted by Gasteiger charge is -2.09. The fourth-order valence-electron chi connectivity index (χ4n) is 2.52. The third-order valence-corrected chi connectivity index (χ3v) is 4.03. The third kappa shape index (κ3) is 6.69. The molecule has 3 rings (SSSR count). The quantitative estimate of drug-likeness (QED) is 0.575. The Labute approximate surface area is 167 Å². The summed E-state index contributed by atoms with van der Waals surface area (Å²) in [6.07, 6.45) is 4.96. The van der Waals surface area contributed by atoms with Gasteiger partial charge in [0, 0.05) is 24.6 Å². The minimum absolute atomic E-state index is 0.131. The Bertz CT molecular complexity index is 947. The molecular weight excluding hydrogens is 373 g/mol. The van der Waals surface area contributed by atoms with E-state index >= 15 is 0 Å². The SMILES string of the molecule is O=C(Cc1ccc(NC(=O)NCc2ccc(F)cc2)cc1)NCc1cnccn1. The molecule has 1 heterocycles. The number of halogens is 1. The summed E-state index contributed by atoms with van der Waals surface area (Å²) in [6, 6.07) is 12.5. The molecular formula is C21H20FN5O2. The molecule has 148 valence electrons. The van der Waals surface area contributed by atoms with Crippen molar-refractivity contribution in [1.29, 1.82) is 0 Å². The lowest BCUT2D eigenvalue weighted by molar-refractivity contribution is -0.120. The highest BCUT2D eigenvalue weighted by molar-refractivity contribution is 5.89. The van der Waals surface area contributed by atoms with Crippen molar-refractivity contribution in [2.45, 2.75) is 19.5 Å². The van der Waals surface area contributed by atoms with Crippen molar-refractivity contribution in [3.05, 3.63) is 89.8 Å². The van der Waals surface area contributed by atoms with Crippen LogP contribution in [0.5, 0.6) is 0 Å². The van der Waals surface area contributed by atoms with E-state index in [1.807, 2.05) is 0 Å². The van der Waals surface area contributed by atoms with Gasteiger partial charge in [0.2, 0.25) is 5.91 Å². The van der Waals surface area contributed by atoms with E-state index in [-0.39, 0.29) is 30.7 Å². The Morgan fingerprint density at radius 3 is 2.28 bits per heavy atom. The summed E-state index contributed by atoms with van der Waals surface area (Å²) < 4.78 is 12.9. The number of hydrogen-bond acceptors (Lipinski definition) is 4. The normalized spacial score (nSPS) is 10.2. The number of urea groups is 1. The van der Waals surface area contributed by atoms with Crippen molar-refractivity contribution >= 4 is 17.6 Å². The van der Waals surface area contributed by atoms with Crippen molar-refractivity contribution < 1.29 is 14.0 Å². The third-order valence-electron chi connectivity index (χ3n) is 4.03. The van der Waals surface area contributed by atoms with Gasteiger partial charge >= 0.3 is 6.03 Å². The molecule has 2 aromatic carbocycles. The molecule has 7 nitrogen and oxygen atoms in total. The average molecular weight is 393 g/mol. The first-order chi connectivity index (χ1) is 14.1. The van der Waals surface area contributed by atoms with Gasteiger partial charge in [-0.05, 0) is 35.4 Å². The van der Waals surface area contributed by atoms with Crippen LogP contribution in [-0.4, -0.2) is 21.9 Å². The fourth-order valence-corrected chi connectivity index (χ4v) is 2.52.